The first-order valence-corrected chi connectivity index (χ1v) is 4.91. The molecule has 2 nitrogen and oxygen atoms in total. The van der Waals surface area contributed by atoms with Crippen molar-refractivity contribution in [2.75, 3.05) is 0 Å². The Hall–Kier alpha value is -0.970. The Kier molecular flexibility index (Phi) is 3.79. The van der Waals surface area contributed by atoms with Gasteiger partial charge >= 0.3 is 6.36 Å². The third-order valence-corrected chi connectivity index (χ3v) is 2.53. The summed E-state index contributed by atoms with van der Waals surface area (Å²) >= 11 is 1.86. The van der Waals surface area contributed by atoms with E-state index < -0.39 is 6.36 Å². The van der Waals surface area contributed by atoms with E-state index in [-0.39, 0.29) is 12.2 Å². The van der Waals surface area contributed by atoms with Crippen molar-refractivity contribution in [3.05, 3.63) is 27.3 Å². The van der Waals surface area contributed by atoms with Crippen LogP contribution in [-0.2, 0) is 6.42 Å². The lowest BCUT2D eigenvalue weighted by atomic mass is 10.2. The van der Waals surface area contributed by atoms with Crippen LogP contribution in [0.15, 0.2) is 18.2 Å². The molecule has 1 aromatic carbocycles. The van der Waals surface area contributed by atoms with Crippen LogP contribution < -0.4 is 4.74 Å². The van der Waals surface area contributed by atoms with E-state index >= 15 is 0 Å². The fourth-order valence-corrected chi connectivity index (χ4v) is 1.63. The van der Waals surface area contributed by atoms with Gasteiger partial charge in [-0.05, 0) is 40.3 Å². The summed E-state index contributed by atoms with van der Waals surface area (Å²) in [7, 11) is 0. The number of hydrogen-bond acceptors (Lipinski definition) is 2. The van der Waals surface area contributed by atoms with Crippen LogP contribution in [0.1, 0.15) is 5.56 Å². The zero-order chi connectivity index (χ0) is 11.5. The summed E-state index contributed by atoms with van der Waals surface area (Å²) in [6.45, 7) is 0. The lowest BCUT2D eigenvalue weighted by Gasteiger charge is -2.09. The van der Waals surface area contributed by atoms with Gasteiger partial charge in [-0.2, -0.15) is 5.26 Å². The third-order valence-electron chi connectivity index (χ3n) is 1.53. The minimum Gasteiger partial charge on any atom is -0.406 e. The van der Waals surface area contributed by atoms with Gasteiger partial charge in [0.1, 0.15) is 5.75 Å². The maximum absolute atomic E-state index is 11.8. The minimum absolute atomic E-state index is 0.171. The van der Waals surface area contributed by atoms with E-state index in [2.05, 4.69) is 4.74 Å². The fraction of sp³-hybridized carbons (Fsp3) is 0.222. The van der Waals surface area contributed by atoms with Crippen molar-refractivity contribution >= 4 is 22.6 Å². The third kappa shape index (κ3) is 3.95. The van der Waals surface area contributed by atoms with Gasteiger partial charge in [0.2, 0.25) is 0 Å². The van der Waals surface area contributed by atoms with Gasteiger partial charge in [0.05, 0.1) is 12.5 Å². The van der Waals surface area contributed by atoms with Crippen LogP contribution in [0.3, 0.4) is 0 Å². The second-order valence-corrected chi connectivity index (χ2v) is 3.80. The minimum atomic E-state index is -4.68. The van der Waals surface area contributed by atoms with Gasteiger partial charge < -0.3 is 4.74 Å². The molecule has 0 bridgehead atoms. The van der Waals surface area contributed by atoms with E-state index in [9.17, 15) is 13.2 Å². The van der Waals surface area contributed by atoms with E-state index in [1.807, 2.05) is 28.7 Å². The molecule has 0 amide bonds. The van der Waals surface area contributed by atoms with Gasteiger partial charge in [0.25, 0.3) is 0 Å². The Bertz CT molecular complexity index is 397. The molecule has 0 heterocycles. The van der Waals surface area contributed by atoms with Crippen molar-refractivity contribution < 1.29 is 17.9 Å². The summed E-state index contributed by atoms with van der Waals surface area (Å²) in [5.74, 6) is -0.270. The van der Waals surface area contributed by atoms with E-state index in [1.165, 1.54) is 18.2 Å². The van der Waals surface area contributed by atoms with Gasteiger partial charge in [-0.15, -0.1) is 13.2 Å². The van der Waals surface area contributed by atoms with Crippen molar-refractivity contribution in [2.24, 2.45) is 0 Å². The molecule has 0 saturated heterocycles. The van der Waals surface area contributed by atoms with Crippen LogP contribution in [0, 0.1) is 14.9 Å². The zero-order valence-corrected chi connectivity index (χ0v) is 9.46. The second kappa shape index (κ2) is 4.70. The van der Waals surface area contributed by atoms with Crippen molar-refractivity contribution in [1.82, 2.24) is 0 Å². The number of rotatable bonds is 2. The van der Waals surface area contributed by atoms with E-state index in [0.29, 0.717) is 9.13 Å². The molecule has 0 N–H and O–H groups in total. The van der Waals surface area contributed by atoms with Crippen LogP contribution in [0.2, 0.25) is 0 Å². The summed E-state index contributed by atoms with van der Waals surface area (Å²) in [6.07, 6.45) is -4.51. The normalized spacial score (nSPS) is 10.9. The van der Waals surface area contributed by atoms with Gasteiger partial charge in [0.15, 0.2) is 0 Å². The maximum atomic E-state index is 11.8. The molecule has 0 atom stereocenters. The molecule has 0 fully saturated rings. The highest BCUT2D eigenvalue weighted by molar-refractivity contribution is 14.1. The highest BCUT2D eigenvalue weighted by Gasteiger charge is 2.31. The highest BCUT2D eigenvalue weighted by atomic mass is 127. The molecule has 0 aliphatic rings. The summed E-state index contributed by atoms with van der Waals surface area (Å²) in [6, 6.07) is 5.82. The van der Waals surface area contributed by atoms with Crippen LogP contribution in [0.4, 0.5) is 13.2 Å². The van der Waals surface area contributed by atoms with E-state index in [0.717, 1.165) is 0 Å². The lowest BCUT2D eigenvalue weighted by Crippen LogP contribution is -2.17. The molecular formula is C9H5F3INO. The number of alkyl halides is 3. The first-order valence-electron chi connectivity index (χ1n) is 3.83. The first-order chi connectivity index (χ1) is 6.92. The van der Waals surface area contributed by atoms with Crippen molar-refractivity contribution in [3.63, 3.8) is 0 Å². The number of ether oxygens (including phenoxy) is 1. The van der Waals surface area contributed by atoms with Crippen LogP contribution >= 0.6 is 22.6 Å². The molecule has 0 aromatic heterocycles. The van der Waals surface area contributed by atoms with E-state index in [1.54, 1.807) is 0 Å². The molecule has 0 saturated carbocycles. The van der Waals surface area contributed by atoms with E-state index in [4.69, 9.17) is 5.26 Å². The number of halogens is 4. The molecule has 80 valence electrons. The topological polar surface area (TPSA) is 33.0 Å². The number of benzene rings is 1. The Morgan fingerprint density at radius 3 is 2.53 bits per heavy atom. The maximum Gasteiger partial charge on any atom is 0.573 e. The Morgan fingerprint density at radius 1 is 1.40 bits per heavy atom. The molecule has 0 unspecified atom stereocenters. The van der Waals surface area contributed by atoms with Crippen molar-refractivity contribution in [3.8, 4) is 11.8 Å². The number of nitriles is 1. The smallest absolute Gasteiger partial charge is 0.406 e. The average molecular weight is 327 g/mol. The predicted molar refractivity (Wildman–Crippen MR) is 55.2 cm³/mol. The first kappa shape index (κ1) is 12.1. The molecule has 15 heavy (non-hydrogen) atoms. The molecular weight excluding hydrogens is 322 g/mol. The Balaban J connectivity index is 2.88. The Labute approximate surface area is 97.8 Å². The van der Waals surface area contributed by atoms with Crippen LogP contribution in [0.5, 0.6) is 5.75 Å². The Morgan fingerprint density at radius 2 is 2.07 bits per heavy atom. The number of hydrogen-bond donors (Lipinski definition) is 0. The molecule has 6 heteroatoms. The molecule has 0 radical (unpaired) electrons. The van der Waals surface area contributed by atoms with Crippen LogP contribution in [-0.4, -0.2) is 6.36 Å². The fourth-order valence-electron chi connectivity index (χ4n) is 0.954. The second-order valence-electron chi connectivity index (χ2n) is 2.64. The summed E-state index contributed by atoms with van der Waals surface area (Å²) < 4.78 is 39.8. The average Bonchev–Trinajstić information content (AvgIpc) is 2.07. The monoisotopic (exact) mass is 327 g/mol. The van der Waals surface area contributed by atoms with Gasteiger partial charge in [-0.1, -0.05) is 6.07 Å². The van der Waals surface area contributed by atoms with Gasteiger partial charge in [-0.25, -0.2) is 0 Å². The number of nitrogens with zero attached hydrogens (tertiary/aromatic N) is 1. The molecule has 0 aliphatic heterocycles. The SMILES string of the molecule is N#CCc1ccc(OC(F)(F)F)cc1I. The predicted octanol–water partition coefficient (Wildman–Crippen LogP) is 3.26. The molecule has 1 rings (SSSR count). The zero-order valence-electron chi connectivity index (χ0n) is 7.31. The van der Waals surface area contributed by atoms with Gasteiger partial charge in [0, 0.05) is 3.57 Å². The van der Waals surface area contributed by atoms with Crippen molar-refractivity contribution in [2.45, 2.75) is 12.8 Å². The molecule has 0 aliphatic carbocycles. The quantitative estimate of drug-likeness (QED) is 0.781. The van der Waals surface area contributed by atoms with Gasteiger partial charge in [-0.3, -0.25) is 0 Å². The standard InChI is InChI=1S/C9H5F3INO/c10-9(11,12)15-7-2-1-6(3-4-14)8(13)5-7/h1-2,5H,3H2. The lowest BCUT2D eigenvalue weighted by molar-refractivity contribution is -0.274. The highest BCUT2D eigenvalue weighted by Crippen LogP contribution is 2.25. The summed E-state index contributed by atoms with van der Waals surface area (Å²) in [5, 5.41) is 8.44. The largest absolute Gasteiger partial charge is 0.573 e. The van der Waals surface area contributed by atoms with Crippen LogP contribution in [0.25, 0.3) is 0 Å². The molecule has 1 aromatic rings. The molecule has 0 spiro atoms. The van der Waals surface area contributed by atoms with Crippen molar-refractivity contribution in [1.29, 1.82) is 5.26 Å². The summed E-state index contributed by atoms with van der Waals surface area (Å²) in [4.78, 5) is 0. The summed E-state index contributed by atoms with van der Waals surface area (Å²) in [5.41, 5.74) is 0.688.